The van der Waals surface area contributed by atoms with Gasteiger partial charge in [0.15, 0.2) is 0 Å². The van der Waals surface area contributed by atoms with Gasteiger partial charge in [-0.05, 0) is 67.5 Å². The van der Waals surface area contributed by atoms with Gasteiger partial charge in [0.25, 0.3) is 0 Å². The van der Waals surface area contributed by atoms with Gasteiger partial charge in [0.1, 0.15) is 5.82 Å². The minimum Gasteiger partial charge on any atom is -0.385 e. The van der Waals surface area contributed by atoms with Gasteiger partial charge in [0.2, 0.25) is 0 Å². The third kappa shape index (κ3) is 6.04. The average Bonchev–Trinajstić information content (AvgIpc) is 3.05. The van der Waals surface area contributed by atoms with Crippen molar-refractivity contribution in [3.8, 4) is 0 Å². The van der Waals surface area contributed by atoms with Crippen LogP contribution in [0.3, 0.4) is 0 Å². The van der Waals surface area contributed by atoms with Gasteiger partial charge in [-0.3, -0.25) is 4.90 Å². The number of nitrogens with one attached hydrogen (secondary N) is 1. The molecule has 0 aromatic heterocycles. The number of anilines is 2. The number of benzene rings is 2. The summed E-state index contributed by atoms with van der Waals surface area (Å²) < 4.78 is 58.5. The van der Waals surface area contributed by atoms with Crippen molar-refractivity contribution in [3.63, 3.8) is 0 Å². The van der Waals surface area contributed by atoms with E-state index in [1.165, 1.54) is 12.1 Å². The lowest BCUT2D eigenvalue weighted by atomic mass is 9.90. The van der Waals surface area contributed by atoms with Gasteiger partial charge < -0.3 is 15.0 Å². The van der Waals surface area contributed by atoms with Crippen molar-refractivity contribution < 1.29 is 22.3 Å². The highest BCUT2D eigenvalue weighted by molar-refractivity contribution is 5.85. The number of hydrogen-bond acceptors (Lipinski definition) is 4. The van der Waals surface area contributed by atoms with Crippen LogP contribution in [-0.4, -0.2) is 49.8 Å². The molecule has 0 spiro atoms. The van der Waals surface area contributed by atoms with Crippen molar-refractivity contribution in [1.29, 1.82) is 0 Å². The molecule has 2 unspecified atom stereocenters. The Bertz CT molecular complexity index is 968. The highest BCUT2D eigenvalue weighted by Gasteiger charge is 2.40. The van der Waals surface area contributed by atoms with Crippen molar-refractivity contribution >= 4 is 23.8 Å². The van der Waals surface area contributed by atoms with Crippen LogP contribution in [0, 0.1) is 11.7 Å². The Morgan fingerprint density at radius 1 is 0.943 bits per heavy atom. The average molecular weight is 514 g/mol. The van der Waals surface area contributed by atoms with Crippen LogP contribution >= 0.6 is 12.4 Å². The molecule has 2 bridgehead atoms. The Hall–Kier alpha value is -2.03. The minimum atomic E-state index is -4.30. The second kappa shape index (κ2) is 10.9. The van der Waals surface area contributed by atoms with E-state index in [1.807, 2.05) is 17.0 Å². The maximum Gasteiger partial charge on any atom is 0.416 e. The van der Waals surface area contributed by atoms with Gasteiger partial charge in [-0.25, -0.2) is 4.39 Å². The largest absolute Gasteiger partial charge is 0.416 e. The molecule has 3 fully saturated rings. The topological polar surface area (TPSA) is 27.7 Å². The summed E-state index contributed by atoms with van der Waals surface area (Å²) in [6.45, 7) is 4.16. The summed E-state index contributed by atoms with van der Waals surface area (Å²) in [5, 5.41) is 3.43. The number of halogens is 5. The van der Waals surface area contributed by atoms with Crippen molar-refractivity contribution in [3.05, 3.63) is 59.4 Å². The zero-order valence-corrected chi connectivity index (χ0v) is 20.4. The van der Waals surface area contributed by atoms with Gasteiger partial charge in [-0.1, -0.05) is 12.1 Å². The lowest BCUT2D eigenvalue weighted by molar-refractivity contribution is -0.137. The van der Waals surface area contributed by atoms with E-state index in [0.717, 1.165) is 43.5 Å². The van der Waals surface area contributed by atoms with Gasteiger partial charge in [-0.2, -0.15) is 13.2 Å². The lowest BCUT2D eigenvalue weighted by Crippen LogP contribution is -2.43. The van der Waals surface area contributed by atoms with Crippen LogP contribution in [0.4, 0.5) is 28.9 Å². The molecular formula is C26H32ClF4N3O. The highest BCUT2D eigenvalue weighted by Crippen LogP contribution is 2.40. The van der Waals surface area contributed by atoms with Crippen molar-refractivity contribution in [1.82, 2.24) is 4.90 Å². The molecule has 35 heavy (non-hydrogen) atoms. The Kier molecular flexibility index (Phi) is 8.13. The van der Waals surface area contributed by atoms with Crippen LogP contribution in [0.2, 0.25) is 0 Å². The van der Waals surface area contributed by atoms with Crippen LogP contribution in [0.15, 0.2) is 42.5 Å². The summed E-state index contributed by atoms with van der Waals surface area (Å²) in [6, 6.07) is 11.8. The Morgan fingerprint density at radius 3 is 2.20 bits per heavy atom. The molecule has 3 aliphatic rings. The predicted molar refractivity (Wildman–Crippen MR) is 132 cm³/mol. The number of rotatable bonds is 6. The summed E-state index contributed by atoms with van der Waals surface area (Å²) in [7, 11) is 0. The number of alkyl halides is 3. The number of ether oxygens (including phenoxy) is 1. The van der Waals surface area contributed by atoms with E-state index >= 15 is 0 Å². The third-order valence-electron chi connectivity index (χ3n) is 7.52. The molecule has 0 amide bonds. The van der Waals surface area contributed by atoms with E-state index in [1.54, 1.807) is 18.2 Å². The van der Waals surface area contributed by atoms with Crippen LogP contribution in [0.25, 0.3) is 0 Å². The lowest BCUT2D eigenvalue weighted by Gasteiger charge is -2.39. The van der Waals surface area contributed by atoms with Gasteiger partial charge in [0, 0.05) is 44.0 Å². The minimum absolute atomic E-state index is 0. The number of fused-ring (bicyclic) bond motifs is 2. The molecule has 9 heteroatoms. The van der Waals surface area contributed by atoms with Gasteiger partial charge in [-0.15, -0.1) is 12.4 Å². The third-order valence-corrected chi connectivity index (χ3v) is 7.52. The molecule has 192 valence electrons. The van der Waals surface area contributed by atoms with E-state index in [2.05, 4.69) is 10.2 Å². The first kappa shape index (κ1) is 26.0. The second-order valence-electron chi connectivity index (χ2n) is 9.74. The normalized spacial score (nSPS) is 24.8. The summed E-state index contributed by atoms with van der Waals surface area (Å²) in [5.74, 6) is 0.293. The molecule has 4 nitrogen and oxygen atoms in total. The van der Waals surface area contributed by atoms with Crippen molar-refractivity contribution in [2.24, 2.45) is 5.92 Å². The molecule has 2 aromatic carbocycles. The number of piperidine rings is 1. The van der Waals surface area contributed by atoms with E-state index in [0.29, 0.717) is 56.5 Å². The summed E-state index contributed by atoms with van der Waals surface area (Å²) in [6.07, 6.45) is 0.0704. The number of nitrogens with zero attached hydrogens (tertiary/aromatic N) is 2. The molecule has 3 aliphatic heterocycles. The fraction of sp³-hybridized carbons (Fsp3) is 0.538. The van der Waals surface area contributed by atoms with Gasteiger partial charge >= 0.3 is 6.18 Å². The van der Waals surface area contributed by atoms with Crippen LogP contribution < -0.4 is 10.2 Å². The highest BCUT2D eigenvalue weighted by atomic mass is 35.5. The molecule has 1 N–H and O–H groups in total. The Labute approximate surface area is 210 Å². The molecule has 3 saturated heterocycles. The maximum absolute atomic E-state index is 14.7. The Morgan fingerprint density at radius 2 is 1.60 bits per heavy atom. The zero-order valence-electron chi connectivity index (χ0n) is 19.6. The first-order chi connectivity index (χ1) is 16.4. The fourth-order valence-electron chi connectivity index (χ4n) is 5.76. The molecule has 0 radical (unpaired) electrons. The Balaban J connectivity index is 0.00000289. The molecule has 2 atom stereocenters. The molecule has 0 saturated carbocycles. The summed E-state index contributed by atoms with van der Waals surface area (Å²) >= 11 is 0. The summed E-state index contributed by atoms with van der Waals surface area (Å²) in [4.78, 5) is 4.49. The number of hydrogen-bond donors (Lipinski definition) is 1. The monoisotopic (exact) mass is 513 g/mol. The maximum atomic E-state index is 14.7. The fourth-order valence-corrected chi connectivity index (χ4v) is 5.76. The van der Waals surface area contributed by atoms with Gasteiger partial charge in [0.05, 0.1) is 24.5 Å². The predicted octanol–water partition coefficient (Wildman–Crippen LogP) is 5.96. The molecule has 3 heterocycles. The molecular weight excluding hydrogens is 482 g/mol. The van der Waals surface area contributed by atoms with E-state index < -0.39 is 11.7 Å². The van der Waals surface area contributed by atoms with E-state index in [9.17, 15) is 17.6 Å². The first-order valence-corrected chi connectivity index (χ1v) is 12.1. The van der Waals surface area contributed by atoms with Crippen LogP contribution in [0.1, 0.15) is 36.8 Å². The van der Waals surface area contributed by atoms with Crippen molar-refractivity contribution in [2.75, 3.05) is 43.1 Å². The van der Waals surface area contributed by atoms with Crippen LogP contribution in [-0.2, 0) is 17.5 Å². The van der Waals surface area contributed by atoms with E-state index in [4.69, 9.17) is 4.74 Å². The molecule has 5 rings (SSSR count). The number of morpholine rings is 1. The standard InChI is InChI=1S/C26H31F4N3O.ClH/c27-24-15-21(5-8-25(24)32-9-11-34-12-10-32)31-16-19-13-22-6-7-23(14-19)33(22)17-18-1-3-20(4-2-18)26(28,29)30;/h1-5,8,15,19,22-23,31H,6-7,9-14,16-17H2;1H. The summed E-state index contributed by atoms with van der Waals surface area (Å²) in [5.41, 5.74) is 1.76. The SMILES string of the molecule is Cl.Fc1cc(NCC2CC3CCC(C2)N3Cc2ccc(C(F)(F)F)cc2)ccc1N1CCOCC1. The smallest absolute Gasteiger partial charge is 0.385 e. The quantitative estimate of drug-likeness (QED) is 0.482. The first-order valence-electron chi connectivity index (χ1n) is 12.1. The second-order valence-corrected chi connectivity index (χ2v) is 9.74. The molecule has 0 aliphatic carbocycles. The zero-order chi connectivity index (χ0) is 23.7. The van der Waals surface area contributed by atoms with E-state index in [-0.39, 0.29) is 18.2 Å². The molecule has 2 aromatic rings. The van der Waals surface area contributed by atoms with Crippen LogP contribution in [0.5, 0.6) is 0 Å². The van der Waals surface area contributed by atoms with Crippen molar-refractivity contribution in [2.45, 2.75) is 50.5 Å².